The predicted octanol–water partition coefficient (Wildman–Crippen LogP) is -2.51. The second-order valence-corrected chi connectivity index (χ2v) is 0.408. The van der Waals surface area contributed by atoms with E-state index in [0.29, 0.717) is 0 Å². The van der Waals surface area contributed by atoms with E-state index in [0.717, 1.165) is 6.54 Å². The highest BCUT2D eigenvalue weighted by Crippen LogP contribution is 1.20. The molecule has 6 heavy (non-hydrogen) atoms. The summed E-state index contributed by atoms with van der Waals surface area (Å²) in [5, 5.41) is 0. The van der Waals surface area contributed by atoms with Gasteiger partial charge in [-0.3, -0.25) is 0 Å². The molecule has 0 saturated carbocycles. The maximum Gasteiger partial charge on any atom is -0.0106 e. The molecule has 0 heterocycles. The lowest BCUT2D eigenvalue weighted by molar-refractivity contribution is 0.823. The Kier molecular flexibility index (Phi) is 681. The average molecular weight is 99.1 g/mol. The Morgan fingerprint density at radius 1 is 1.17 bits per heavy atom. The van der Waals surface area contributed by atoms with Crippen molar-refractivity contribution in [3.63, 3.8) is 0 Å². The van der Waals surface area contributed by atoms with E-state index < -0.39 is 0 Å². The molecule has 0 amide bonds. The van der Waals surface area contributed by atoms with Crippen molar-refractivity contribution in [1.82, 2.24) is 0 Å². The minimum Gasteiger partial charge on any atom is -0.412 e. The Morgan fingerprint density at radius 2 is 1.17 bits per heavy atom. The van der Waals surface area contributed by atoms with Crippen LogP contribution in [0.5, 0.6) is 0 Å². The van der Waals surface area contributed by atoms with Crippen LogP contribution in [0.2, 0.25) is 0 Å². The summed E-state index contributed by atoms with van der Waals surface area (Å²) in [6.07, 6.45) is 0. The number of nitrogens with two attached hydrogens (primary N) is 1. The van der Waals surface area contributed by atoms with Gasteiger partial charge in [-0.2, -0.15) is 0 Å². The van der Waals surface area contributed by atoms with Gasteiger partial charge in [0, 0.05) is 0 Å². The molecule has 0 aliphatic carbocycles. The highest BCUT2D eigenvalue weighted by molar-refractivity contribution is 4.00. The second-order valence-electron chi connectivity index (χ2n) is 0.408. The van der Waals surface area contributed by atoms with Gasteiger partial charge in [0.15, 0.2) is 0 Å². The van der Waals surface area contributed by atoms with Crippen molar-refractivity contribution in [1.29, 1.82) is 0 Å². The quantitative estimate of drug-likeness (QED) is 0.354. The zero-order chi connectivity index (χ0) is 2.71. The Bertz CT molecular complexity index is 8.75. The molecule has 0 spiro atoms. The van der Waals surface area contributed by atoms with Crippen LogP contribution in [-0.4, -0.2) is 23.0 Å². The first kappa shape index (κ1) is 40.4. The molecule has 0 radical (unpaired) electrons. The molecule has 0 bridgehead atoms. The van der Waals surface area contributed by atoms with Crippen molar-refractivity contribution < 1.29 is 16.4 Å². The van der Waals surface area contributed by atoms with Crippen LogP contribution < -0.4 is 5.73 Å². The maximum atomic E-state index is 4.85. The summed E-state index contributed by atoms with van der Waals surface area (Å²) in [6, 6.07) is 0. The van der Waals surface area contributed by atoms with E-state index >= 15 is 0 Å². The van der Waals surface area contributed by atoms with Crippen LogP contribution in [0.3, 0.4) is 0 Å². The average Bonchev–Trinajstić information content (AvgIpc) is 0.918. The largest absolute Gasteiger partial charge is 0.412 e. The number of hydrogen-bond acceptors (Lipinski definition) is 1. The van der Waals surface area contributed by atoms with Gasteiger partial charge in [-0.25, -0.2) is 0 Å². The van der Waals surface area contributed by atoms with Crippen LogP contribution in [0, 0.1) is 0 Å². The molecule has 0 aromatic rings. The van der Waals surface area contributed by atoms with E-state index in [-0.39, 0.29) is 16.4 Å². The van der Waals surface area contributed by atoms with Crippen molar-refractivity contribution in [2.24, 2.45) is 5.73 Å². The summed E-state index contributed by atoms with van der Waals surface area (Å²) in [5.74, 6) is 0. The van der Waals surface area contributed by atoms with Gasteiger partial charge in [-0.1, -0.05) is 6.92 Å². The van der Waals surface area contributed by atoms with E-state index in [1.54, 1.807) is 0 Å². The minimum absolute atomic E-state index is 0. The molecule has 0 unspecified atom stereocenters. The molecule has 8 N–H and O–H groups in total. The fraction of sp³-hybridized carbons (Fsp3) is 1.00. The predicted molar refractivity (Wildman–Crippen MR) is 25.6 cm³/mol. The molecule has 0 saturated heterocycles. The summed E-state index contributed by atoms with van der Waals surface area (Å²) in [4.78, 5) is 0. The zero-order valence-electron chi connectivity index (χ0n) is 3.78. The van der Waals surface area contributed by atoms with E-state index in [9.17, 15) is 0 Å². The van der Waals surface area contributed by atoms with Crippen LogP contribution in [0.25, 0.3) is 0 Å². The van der Waals surface area contributed by atoms with Gasteiger partial charge in [0.25, 0.3) is 0 Å². The third-order valence-corrected chi connectivity index (χ3v) is 0. The van der Waals surface area contributed by atoms with Crippen LogP contribution in [0.1, 0.15) is 6.92 Å². The highest BCUT2D eigenvalue weighted by Gasteiger charge is 1.32. The van der Waals surface area contributed by atoms with Crippen LogP contribution >= 0.6 is 0 Å². The normalized spacial score (nSPS) is 3.00. The Hall–Kier alpha value is -0.160. The molecule has 44 valence electrons. The molecular formula is C2H13NO3. The van der Waals surface area contributed by atoms with Crippen LogP contribution in [0.15, 0.2) is 0 Å². The van der Waals surface area contributed by atoms with Crippen molar-refractivity contribution >= 4 is 0 Å². The number of hydrogen-bond donors (Lipinski definition) is 1. The Balaban J connectivity index is -0.00000000667. The molecule has 0 fully saturated rings. The number of rotatable bonds is 0. The first-order valence-corrected chi connectivity index (χ1v) is 1.12. The van der Waals surface area contributed by atoms with E-state index in [1.165, 1.54) is 0 Å². The van der Waals surface area contributed by atoms with Crippen molar-refractivity contribution in [2.75, 3.05) is 6.54 Å². The fourth-order valence-corrected chi connectivity index (χ4v) is 0. The Morgan fingerprint density at radius 3 is 1.17 bits per heavy atom. The van der Waals surface area contributed by atoms with Crippen LogP contribution in [0.4, 0.5) is 0 Å². The van der Waals surface area contributed by atoms with Crippen molar-refractivity contribution in [2.45, 2.75) is 6.92 Å². The van der Waals surface area contributed by atoms with Gasteiger partial charge in [0.1, 0.15) is 0 Å². The lowest BCUT2D eigenvalue weighted by Gasteiger charge is -1.53. The third-order valence-electron chi connectivity index (χ3n) is 0. The SMILES string of the molecule is CCN.O.O.O. The van der Waals surface area contributed by atoms with E-state index in [4.69, 9.17) is 5.73 Å². The lowest BCUT2D eigenvalue weighted by Crippen LogP contribution is -1.87. The summed E-state index contributed by atoms with van der Waals surface area (Å²) in [5.41, 5.74) is 4.85. The van der Waals surface area contributed by atoms with Crippen molar-refractivity contribution in [3.05, 3.63) is 0 Å². The summed E-state index contributed by atoms with van der Waals surface area (Å²) < 4.78 is 0. The molecule has 4 heteroatoms. The van der Waals surface area contributed by atoms with E-state index in [2.05, 4.69) is 0 Å². The summed E-state index contributed by atoms with van der Waals surface area (Å²) >= 11 is 0. The molecule has 0 aliphatic heterocycles. The van der Waals surface area contributed by atoms with Gasteiger partial charge in [-0.05, 0) is 6.54 Å². The first-order chi connectivity index (χ1) is 1.41. The summed E-state index contributed by atoms with van der Waals surface area (Å²) in [6.45, 7) is 2.65. The lowest BCUT2D eigenvalue weighted by atomic mass is 10.8. The fourth-order valence-electron chi connectivity index (χ4n) is 0. The smallest absolute Gasteiger partial charge is 0.0106 e. The first-order valence-electron chi connectivity index (χ1n) is 1.12. The van der Waals surface area contributed by atoms with Gasteiger partial charge < -0.3 is 22.2 Å². The van der Waals surface area contributed by atoms with Crippen molar-refractivity contribution in [3.8, 4) is 0 Å². The molecule has 0 aromatic carbocycles. The molecule has 0 rings (SSSR count). The van der Waals surface area contributed by atoms with Gasteiger partial charge in [0.2, 0.25) is 0 Å². The topological polar surface area (TPSA) is 121 Å². The maximum absolute atomic E-state index is 4.85. The molecule has 4 nitrogen and oxygen atoms in total. The van der Waals surface area contributed by atoms with Gasteiger partial charge in [-0.15, -0.1) is 0 Å². The van der Waals surface area contributed by atoms with Crippen LogP contribution in [-0.2, 0) is 0 Å². The zero-order valence-corrected chi connectivity index (χ0v) is 3.78. The minimum atomic E-state index is 0. The monoisotopic (exact) mass is 99.1 g/mol. The molecule has 0 aliphatic rings. The third kappa shape index (κ3) is 1210. The summed E-state index contributed by atoms with van der Waals surface area (Å²) in [7, 11) is 0. The molecular weight excluding hydrogens is 86.0 g/mol. The molecule has 0 aromatic heterocycles. The van der Waals surface area contributed by atoms with E-state index in [1.807, 2.05) is 6.92 Å². The van der Waals surface area contributed by atoms with Gasteiger partial charge >= 0.3 is 0 Å². The molecule has 0 atom stereocenters. The second kappa shape index (κ2) is 101. The standard InChI is InChI=1S/C2H7N.3H2O/c1-2-3;;;/h2-3H2,1H3;3*1H2. The Labute approximate surface area is 36.9 Å². The highest BCUT2D eigenvalue weighted by atomic mass is 16.0. The van der Waals surface area contributed by atoms with Gasteiger partial charge in [0.05, 0.1) is 0 Å².